The highest BCUT2D eigenvalue weighted by Gasteiger charge is 2.08. The van der Waals surface area contributed by atoms with Crippen molar-refractivity contribution >= 4 is 29.0 Å². The summed E-state index contributed by atoms with van der Waals surface area (Å²) in [6.07, 6.45) is 6.13. The van der Waals surface area contributed by atoms with Crippen LogP contribution >= 0.6 is 0 Å². The van der Waals surface area contributed by atoms with Gasteiger partial charge in [-0.2, -0.15) is 0 Å². The highest BCUT2D eigenvalue weighted by molar-refractivity contribution is 6.03. The number of amides is 3. The average molecular weight is 348 g/mol. The molecule has 0 saturated heterocycles. The molecule has 3 N–H and O–H groups in total. The van der Waals surface area contributed by atoms with E-state index < -0.39 is 0 Å². The van der Waals surface area contributed by atoms with Crippen molar-refractivity contribution in [2.75, 3.05) is 16.0 Å². The van der Waals surface area contributed by atoms with E-state index in [4.69, 9.17) is 0 Å². The van der Waals surface area contributed by atoms with E-state index in [1.165, 1.54) is 12.4 Å². The number of nitrogens with one attached hydrogen (secondary N) is 3. The minimum Gasteiger partial charge on any atom is -0.321 e. The maximum atomic E-state index is 12.1. The summed E-state index contributed by atoms with van der Waals surface area (Å²) in [6, 6.07) is 9.73. The number of urea groups is 1. The molecule has 3 aromatic rings. The van der Waals surface area contributed by atoms with Crippen molar-refractivity contribution in [3.8, 4) is 0 Å². The van der Waals surface area contributed by atoms with Gasteiger partial charge in [0, 0.05) is 35.7 Å². The van der Waals surface area contributed by atoms with E-state index in [1.807, 2.05) is 0 Å². The van der Waals surface area contributed by atoms with Gasteiger partial charge in [0.1, 0.15) is 5.69 Å². The number of anilines is 3. The van der Waals surface area contributed by atoms with Crippen molar-refractivity contribution in [1.82, 2.24) is 15.0 Å². The molecule has 26 heavy (non-hydrogen) atoms. The molecule has 2 aromatic heterocycles. The Bertz CT molecular complexity index is 895. The van der Waals surface area contributed by atoms with Gasteiger partial charge < -0.3 is 16.0 Å². The van der Waals surface area contributed by atoms with Gasteiger partial charge in [0.25, 0.3) is 5.91 Å². The highest BCUT2D eigenvalue weighted by atomic mass is 16.2. The number of hydrogen-bond donors (Lipinski definition) is 3. The first-order valence-corrected chi connectivity index (χ1v) is 7.78. The molecule has 0 bridgehead atoms. The van der Waals surface area contributed by atoms with Crippen LogP contribution in [0, 0.1) is 6.92 Å². The number of rotatable bonds is 4. The van der Waals surface area contributed by atoms with Crippen LogP contribution in [0.3, 0.4) is 0 Å². The second kappa shape index (κ2) is 7.84. The minimum absolute atomic E-state index is 0.231. The molecule has 0 atom stereocenters. The first-order valence-electron chi connectivity index (χ1n) is 7.78. The standard InChI is InChI=1S/C18H16N6O2/c1-12-10-21-16(11-20-12)17(25)22-13-2-4-14(5-3-13)23-18(26)24-15-6-8-19-9-7-15/h2-11H,1H3,(H,22,25)(H2,19,23,24,26). The van der Waals surface area contributed by atoms with E-state index in [2.05, 4.69) is 30.9 Å². The Morgan fingerprint density at radius 3 is 1.92 bits per heavy atom. The lowest BCUT2D eigenvalue weighted by atomic mass is 10.2. The van der Waals surface area contributed by atoms with Crippen molar-refractivity contribution in [3.05, 3.63) is 72.6 Å². The fourth-order valence-electron chi connectivity index (χ4n) is 2.07. The fraction of sp³-hybridized carbons (Fsp3) is 0.0556. The zero-order valence-electron chi connectivity index (χ0n) is 13.9. The van der Waals surface area contributed by atoms with E-state index in [1.54, 1.807) is 55.7 Å². The number of hydrogen-bond acceptors (Lipinski definition) is 5. The Hall–Kier alpha value is -3.81. The maximum absolute atomic E-state index is 12.1. The number of nitrogens with zero attached hydrogens (tertiary/aromatic N) is 3. The Balaban J connectivity index is 1.57. The molecule has 0 unspecified atom stereocenters. The quantitative estimate of drug-likeness (QED) is 0.671. The minimum atomic E-state index is -0.372. The number of carbonyl (C=O) groups is 2. The number of aromatic nitrogens is 3. The summed E-state index contributed by atoms with van der Waals surface area (Å²) < 4.78 is 0. The summed E-state index contributed by atoms with van der Waals surface area (Å²) >= 11 is 0. The molecule has 0 radical (unpaired) electrons. The number of pyridine rings is 1. The molecular weight excluding hydrogens is 332 g/mol. The second-order valence-corrected chi connectivity index (χ2v) is 5.39. The van der Waals surface area contributed by atoms with Gasteiger partial charge in [0.15, 0.2) is 0 Å². The topological polar surface area (TPSA) is 109 Å². The van der Waals surface area contributed by atoms with E-state index in [0.29, 0.717) is 17.1 Å². The van der Waals surface area contributed by atoms with E-state index in [-0.39, 0.29) is 17.6 Å². The predicted molar refractivity (Wildman–Crippen MR) is 98.0 cm³/mol. The SMILES string of the molecule is Cc1cnc(C(=O)Nc2ccc(NC(=O)Nc3ccncc3)cc2)cn1. The molecule has 3 amide bonds. The smallest absolute Gasteiger partial charge is 0.321 e. The van der Waals surface area contributed by atoms with E-state index in [0.717, 1.165) is 5.69 Å². The molecule has 3 rings (SSSR count). The lowest BCUT2D eigenvalue weighted by Crippen LogP contribution is -2.19. The second-order valence-electron chi connectivity index (χ2n) is 5.39. The van der Waals surface area contributed by atoms with Gasteiger partial charge in [-0.25, -0.2) is 9.78 Å². The van der Waals surface area contributed by atoms with Gasteiger partial charge in [0.05, 0.1) is 11.9 Å². The van der Waals surface area contributed by atoms with Crippen molar-refractivity contribution in [2.24, 2.45) is 0 Å². The average Bonchev–Trinajstić information content (AvgIpc) is 2.64. The first-order chi connectivity index (χ1) is 12.6. The van der Waals surface area contributed by atoms with Crippen LogP contribution in [0.4, 0.5) is 21.9 Å². The third-order valence-corrected chi connectivity index (χ3v) is 3.35. The van der Waals surface area contributed by atoms with Crippen molar-refractivity contribution in [2.45, 2.75) is 6.92 Å². The Morgan fingerprint density at radius 1 is 0.769 bits per heavy atom. The zero-order valence-corrected chi connectivity index (χ0v) is 13.9. The molecular formula is C18H16N6O2. The Morgan fingerprint density at radius 2 is 1.35 bits per heavy atom. The van der Waals surface area contributed by atoms with Crippen LogP contribution in [-0.4, -0.2) is 26.9 Å². The number of benzene rings is 1. The molecule has 0 aliphatic carbocycles. The van der Waals surface area contributed by atoms with Gasteiger partial charge in [-0.05, 0) is 43.3 Å². The fourth-order valence-corrected chi connectivity index (χ4v) is 2.07. The summed E-state index contributed by atoms with van der Waals surface area (Å²) in [5, 5.41) is 8.11. The van der Waals surface area contributed by atoms with Crippen molar-refractivity contribution in [3.63, 3.8) is 0 Å². The molecule has 130 valence electrons. The lowest BCUT2D eigenvalue weighted by Gasteiger charge is -2.09. The lowest BCUT2D eigenvalue weighted by molar-refractivity contribution is 0.102. The normalized spacial score (nSPS) is 10.0. The van der Waals surface area contributed by atoms with Gasteiger partial charge >= 0.3 is 6.03 Å². The summed E-state index contributed by atoms with van der Waals surface area (Å²) in [4.78, 5) is 36.0. The third-order valence-electron chi connectivity index (χ3n) is 3.35. The molecule has 2 heterocycles. The first kappa shape index (κ1) is 17.0. The predicted octanol–water partition coefficient (Wildman–Crippen LogP) is 3.08. The molecule has 8 heteroatoms. The van der Waals surface area contributed by atoms with E-state index >= 15 is 0 Å². The molecule has 0 aliphatic rings. The Labute approximate surface area is 149 Å². The molecule has 0 aliphatic heterocycles. The number of carbonyl (C=O) groups excluding carboxylic acids is 2. The molecule has 8 nitrogen and oxygen atoms in total. The summed E-state index contributed by atoms with van der Waals surface area (Å²) in [7, 11) is 0. The molecule has 0 fully saturated rings. The summed E-state index contributed by atoms with van der Waals surface area (Å²) in [5.41, 5.74) is 2.78. The van der Waals surface area contributed by atoms with Crippen molar-refractivity contribution in [1.29, 1.82) is 0 Å². The Kier molecular flexibility index (Phi) is 5.14. The van der Waals surface area contributed by atoms with Gasteiger partial charge in [0.2, 0.25) is 0 Å². The monoisotopic (exact) mass is 348 g/mol. The van der Waals surface area contributed by atoms with Crippen LogP contribution in [0.25, 0.3) is 0 Å². The van der Waals surface area contributed by atoms with Crippen molar-refractivity contribution < 1.29 is 9.59 Å². The summed E-state index contributed by atoms with van der Waals surface area (Å²) in [6.45, 7) is 1.80. The largest absolute Gasteiger partial charge is 0.323 e. The van der Waals surface area contributed by atoms with Crippen LogP contribution in [0.15, 0.2) is 61.2 Å². The van der Waals surface area contributed by atoms with Crippen LogP contribution in [-0.2, 0) is 0 Å². The van der Waals surface area contributed by atoms with Gasteiger partial charge in [-0.15, -0.1) is 0 Å². The van der Waals surface area contributed by atoms with Gasteiger partial charge in [-0.3, -0.25) is 14.8 Å². The zero-order chi connectivity index (χ0) is 18.4. The molecule has 0 spiro atoms. The third kappa shape index (κ3) is 4.60. The van der Waals surface area contributed by atoms with Crippen LogP contribution in [0.2, 0.25) is 0 Å². The summed E-state index contributed by atoms with van der Waals surface area (Å²) in [5.74, 6) is -0.353. The molecule has 0 saturated carbocycles. The van der Waals surface area contributed by atoms with Gasteiger partial charge in [-0.1, -0.05) is 0 Å². The van der Waals surface area contributed by atoms with Crippen LogP contribution in [0.5, 0.6) is 0 Å². The molecule has 1 aromatic carbocycles. The highest BCUT2D eigenvalue weighted by Crippen LogP contribution is 2.15. The maximum Gasteiger partial charge on any atom is 0.323 e. The van der Waals surface area contributed by atoms with Crippen LogP contribution < -0.4 is 16.0 Å². The van der Waals surface area contributed by atoms with Crippen LogP contribution in [0.1, 0.15) is 16.2 Å². The number of aryl methyl sites for hydroxylation is 1. The van der Waals surface area contributed by atoms with E-state index in [9.17, 15) is 9.59 Å².